The topological polar surface area (TPSA) is 38.1 Å². The molecule has 1 aliphatic heterocycles. The van der Waals surface area contributed by atoms with Crippen LogP contribution >= 0.6 is 11.3 Å². The van der Waals surface area contributed by atoms with Crippen LogP contribution < -0.4 is 0 Å². The Morgan fingerprint density at radius 1 is 1.27 bits per heavy atom. The molecule has 5 heteroatoms. The maximum absolute atomic E-state index is 12.8. The largest absolute Gasteiger partial charge is 0.298 e. The van der Waals surface area contributed by atoms with Crippen molar-refractivity contribution >= 4 is 17.1 Å². The molecule has 1 fully saturated rings. The molecular formula is C21H23N3OS. The quantitative estimate of drug-likeness (QED) is 0.632. The van der Waals surface area contributed by atoms with Gasteiger partial charge < -0.3 is 0 Å². The summed E-state index contributed by atoms with van der Waals surface area (Å²) in [5.74, 6) is 0.459. The van der Waals surface area contributed by atoms with Crippen molar-refractivity contribution in [2.75, 3.05) is 13.1 Å². The number of thiophene rings is 1. The van der Waals surface area contributed by atoms with Crippen molar-refractivity contribution in [3.05, 3.63) is 70.2 Å². The molecule has 26 heavy (non-hydrogen) atoms. The molecule has 0 bridgehead atoms. The van der Waals surface area contributed by atoms with E-state index in [2.05, 4.69) is 34.3 Å². The van der Waals surface area contributed by atoms with E-state index in [1.165, 1.54) is 5.56 Å². The fraction of sp³-hybridized carbons (Fsp3) is 0.333. The molecule has 0 N–H and O–H groups in total. The maximum atomic E-state index is 12.8. The second kappa shape index (κ2) is 7.56. The predicted molar refractivity (Wildman–Crippen MR) is 105 cm³/mol. The summed E-state index contributed by atoms with van der Waals surface area (Å²) >= 11 is 1.58. The number of aromatic nitrogens is 2. The number of nitrogens with zero attached hydrogens (tertiary/aromatic N) is 3. The molecule has 1 aliphatic rings. The zero-order chi connectivity index (χ0) is 17.9. The van der Waals surface area contributed by atoms with Gasteiger partial charge in [0.1, 0.15) is 0 Å². The smallest absolute Gasteiger partial charge is 0.177 e. The molecule has 0 radical (unpaired) electrons. The van der Waals surface area contributed by atoms with Crippen molar-refractivity contribution in [3.8, 4) is 5.69 Å². The molecule has 0 amide bonds. The molecule has 3 aromatic rings. The molecule has 3 heterocycles. The highest BCUT2D eigenvalue weighted by Gasteiger charge is 2.28. The molecule has 0 saturated carbocycles. The summed E-state index contributed by atoms with van der Waals surface area (Å²) in [5.41, 5.74) is 3.46. The van der Waals surface area contributed by atoms with Crippen LogP contribution in [0.2, 0.25) is 0 Å². The van der Waals surface area contributed by atoms with E-state index >= 15 is 0 Å². The Hall–Kier alpha value is -2.24. The van der Waals surface area contributed by atoms with Gasteiger partial charge in [0.25, 0.3) is 0 Å². The monoisotopic (exact) mass is 365 g/mol. The normalized spacial score (nSPS) is 18.1. The van der Waals surface area contributed by atoms with E-state index < -0.39 is 0 Å². The van der Waals surface area contributed by atoms with Crippen LogP contribution in [-0.4, -0.2) is 33.6 Å². The Balaban J connectivity index is 1.40. The highest BCUT2D eigenvalue weighted by Crippen LogP contribution is 2.26. The summed E-state index contributed by atoms with van der Waals surface area (Å²) in [6.07, 6.45) is 5.83. The van der Waals surface area contributed by atoms with E-state index in [0.717, 1.165) is 48.6 Å². The summed E-state index contributed by atoms with van der Waals surface area (Å²) in [5, 5.41) is 6.28. The standard InChI is InChI=1S/C21H23N3OS/c1-16-9-13-26-21(16)20(25)18-4-2-11-23(15-18)14-17-5-7-19(8-6-17)24-12-3-10-22-24/h3,5-10,12-13,18H,2,4,11,14-15H2,1H3/t18-/m0/s1. The average Bonchev–Trinajstić information content (AvgIpc) is 3.34. The molecule has 0 unspecified atom stereocenters. The Morgan fingerprint density at radius 3 is 2.81 bits per heavy atom. The van der Waals surface area contributed by atoms with E-state index in [0.29, 0.717) is 5.78 Å². The number of piperidine rings is 1. The lowest BCUT2D eigenvalue weighted by molar-refractivity contribution is 0.0815. The number of likely N-dealkylation sites (tertiary alicyclic amines) is 1. The summed E-state index contributed by atoms with van der Waals surface area (Å²) < 4.78 is 1.86. The van der Waals surface area contributed by atoms with E-state index in [4.69, 9.17) is 0 Å². The van der Waals surface area contributed by atoms with Crippen LogP contribution in [0.15, 0.2) is 54.2 Å². The summed E-state index contributed by atoms with van der Waals surface area (Å²) in [7, 11) is 0. The highest BCUT2D eigenvalue weighted by molar-refractivity contribution is 7.12. The summed E-state index contributed by atoms with van der Waals surface area (Å²) in [6.45, 7) is 4.85. The molecule has 4 nitrogen and oxygen atoms in total. The molecule has 0 aliphatic carbocycles. The maximum Gasteiger partial charge on any atom is 0.177 e. The van der Waals surface area contributed by atoms with E-state index in [1.54, 1.807) is 17.5 Å². The van der Waals surface area contributed by atoms with Gasteiger partial charge in [-0.2, -0.15) is 5.10 Å². The van der Waals surface area contributed by atoms with E-state index in [1.807, 2.05) is 35.3 Å². The minimum atomic E-state index is 0.129. The minimum Gasteiger partial charge on any atom is -0.298 e. The fourth-order valence-corrected chi connectivity index (χ4v) is 4.60. The summed E-state index contributed by atoms with van der Waals surface area (Å²) in [6, 6.07) is 12.5. The van der Waals surface area contributed by atoms with Crippen LogP contribution in [-0.2, 0) is 6.54 Å². The Labute approximate surface area is 158 Å². The Morgan fingerprint density at radius 2 is 2.12 bits per heavy atom. The predicted octanol–water partition coefficient (Wildman–Crippen LogP) is 4.34. The third kappa shape index (κ3) is 3.64. The van der Waals surface area contributed by atoms with Gasteiger partial charge in [-0.25, -0.2) is 4.68 Å². The SMILES string of the molecule is Cc1ccsc1C(=O)[C@H]1CCCN(Cc2ccc(-n3cccn3)cc2)C1. The number of carbonyl (C=O) groups excluding carboxylic acids is 1. The molecule has 0 spiro atoms. The van der Waals surface area contributed by atoms with Crippen molar-refractivity contribution in [2.24, 2.45) is 5.92 Å². The third-order valence-electron chi connectivity index (χ3n) is 5.07. The minimum absolute atomic E-state index is 0.129. The first kappa shape index (κ1) is 17.2. The second-order valence-corrected chi connectivity index (χ2v) is 7.90. The number of rotatable bonds is 5. The van der Waals surface area contributed by atoms with E-state index in [-0.39, 0.29) is 5.92 Å². The first-order valence-electron chi connectivity index (χ1n) is 9.10. The molecule has 1 atom stereocenters. The van der Waals surface area contributed by atoms with Gasteiger partial charge in [-0.3, -0.25) is 9.69 Å². The highest BCUT2D eigenvalue weighted by atomic mass is 32.1. The van der Waals surface area contributed by atoms with Gasteiger partial charge in [0.2, 0.25) is 0 Å². The lowest BCUT2D eigenvalue weighted by Gasteiger charge is -2.32. The second-order valence-electron chi connectivity index (χ2n) is 6.99. The zero-order valence-electron chi connectivity index (χ0n) is 15.0. The van der Waals surface area contributed by atoms with Gasteiger partial charge in [-0.1, -0.05) is 12.1 Å². The van der Waals surface area contributed by atoms with Crippen LogP contribution in [0.25, 0.3) is 5.69 Å². The average molecular weight is 366 g/mol. The number of Topliss-reactive ketones (excluding diaryl/α,β-unsaturated/α-hetero) is 1. The van der Waals surface area contributed by atoms with Crippen molar-refractivity contribution < 1.29 is 4.79 Å². The molecule has 1 aromatic carbocycles. The fourth-order valence-electron chi connectivity index (χ4n) is 3.66. The van der Waals surface area contributed by atoms with Crippen LogP contribution in [0.4, 0.5) is 0 Å². The van der Waals surface area contributed by atoms with Crippen LogP contribution in [0.1, 0.15) is 33.6 Å². The zero-order valence-corrected chi connectivity index (χ0v) is 15.8. The number of carbonyl (C=O) groups is 1. The lowest BCUT2D eigenvalue weighted by atomic mass is 9.92. The number of hydrogen-bond donors (Lipinski definition) is 0. The summed E-state index contributed by atoms with van der Waals surface area (Å²) in [4.78, 5) is 16.2. The van der Waals surface area contributed by atoms with Crippen molar-refractivity contribution in [1.29, 1.82) is 0 Å². The molecular weight excluding hydrogens is 342 g/mol. The van der Waals surface area contributed by atoms with Gasteiger partial charge in [0, 0.05) is 31.4 Å². The van der Waals surface area contributed by atoms with Gasteiger partial charge in [0.15, 0.2) is 5.78 Å². The first-order chi connectivity index (χ1) is 12.7. The Kier molecular flexibility index (Phi) is 5.00. The van der Waals surface area contributed by atoms with Crippen LogP contribution in [0, 0.1) is 12.8 Å². The van der Waals surface area contributed by atoms with Gasteiger partial charge in [-0.05, 0) is 67.1 Å². The molecule has 134 valence electrons. The molecule has 4 rings (SSSR count). The number of benzene rings is 1. The van der Waals surface area contributed by atoms with E-state index in [9.17, 15) is 4.79 Å². The van der Waals surface area contributed by atoms with Crippen LogP contribution in [0.5, 0.6) is 0 Å². The van der Waals surface area contributed by atoms with Gasteiger partial charge >= 0.3 is 0 Å². The van der Waals surface area contributed by atoms with Crippen molar-refractivity contribution in [2.45, 2.75) is 26.3 Å². The number of aryl methyl sites for hydroxylation is 1. The number of ketones is 1. The molecule has 1 saturated heterocycles. The van der Waals surface area contributed by atoms with Crippen molar-refractivity contribution in [1.82, 2.24) is 14.7 Å². The lowest BCUT2D eigenvalue weighted by Crippen LogP contribution is -2.38. The number of hydrogen-bond acceptors (Lipinski definition) is 4. The van der Waals surface area contributed by atoms with Gasteiger partial charge in [-0.15, -0.1) is 11.3 Å². The third-order valence-corrected chi connectivity index (χ3v) is 6.10. The van der Waals surface area contributed by atoms with Gasteiger partial charge in [0.05, 0.1) is 10.6 Å². The molecule has 2 aromatic heterocycles. The van der Waals surface area contributed by atoms with Crippen molar-refractivity contribution in [3.63, 3.8) is 0 Å². The first-order valence-corrected chi connectivity index (χ1v) is 9.98. The Bertz CT molecular complexity index is 867. The van der Waals surface area contributed by atoms with Crippen LogP contribution in [0.3, 0.4) is 0 Å².